The molecule has 0 unspecified atom stereocenters. The van der Waals surface area contributed by atoms with Crippen LogP contribution in [0.25, 0.3) is 10.8 Å². The number of rotatable bonds is 0. The predicted molar refractivity (Wildman–Crippen MR) is 54.5 cm³/mol. The van der Waals surface area contributed by atoms with Crippen LogP contribution >= 0.6 is 27.5 Å². The molecule has 2 aromatic rings. The molecule has 0 aliphatic carbocycles. The van der Waals surface area contributed by atoms with E-state index in [1.54, 1.807) is 12.4 Å². The van der Waals surface area contributed by atoms with Gasteiger partial charge in [0.25, 0.3) is 0 Å². The predicted octanol–water partition coefficient (Wildman–Crippen LogP) is 3.65. The Morgan fingerprint density at radius 2 is 2.17 bits per heavy atom. The van der Waals surface area contributed by atoms with Gasteiger partial charge in [-0.15, -0.1) is 0 Å². The van der Waals surface area contributed by atoms with Gasteiger partial charge in [-0.05, 0) is 23.6 Å². The summed E-state index contributed by atoms with van der Waals surface area (Å²) in [5, 5.41) is 2.91. The van der Waals surface area contributed by atoms with Crippen molar-refractivity contribution in [2.45, 2.75) is 0 Å². The summed E-state index contributed by atoms with van der Waals surface area (Å²) in [5.74, 6) is 0. The molecule has 0 spiro atoms. The minimum atomic E-state index is 0.724. The first-order valence-corrected chi connectivity index (χ1v) is 4.63. The molecular formula is C9H5BrClN. The Labute approximate surface area is 83.5 Å². The van der Waals surface area contributed by atoms with Gasteiger partial charge in [-0.2, -0.15) is 0 Å². The van der Waals surface area contributed by atoms with Gasteiger partial charge >= 0.3 is 0 Å². The number of pyridine rings is 1. The number of hydrogen-bond acceptors (Lipinski definition) is 1. The number of hydrogen-bond donors (Lipinski definition) is 0. The average molecular weight is 243 g/mol. The van der Waals surface area contributed by atoms with E-state index in [4.69, 9.17) is 11.6 Å². The van der Waals surface area contributed by atoms with Gasteiger partial charge in [-0.25, -0.2) is 0 Å². The van der Waals surface area contributed by atoms with Crippen molar-refractivity contribution in [1.82, 2.24) is 4.98 Å². The Hall–Kier alpha value is -0.600. The van der Waals surface area contributed by atoms with Gasteiger partial charge < -0.3 is 0 Å². The van der Waals surface area contributed by atoms with Crippen LogP contribution in [0.3, 0.4) is 0 Å². The third kappa shape index (κ3) is 1.32. The van der Waals surface area contributed by atoms with Crippen molar-refractivity contribution in [2.24, 2.45) is 0 Å². The third-order valence-corrected chi connectivity index (χ3v) is 2.54. The zero-order valence-corrected chi connectivity index (χ0v) is 8.43. The summed E-state index contributed by atoms with van der Waals surface area (Å²) in [7, 11) is 0. The maximum absolute atomic E-state index is 5.87. The van der Waals surface area contributed by atoms with E-state index in [1.807, 2.05) is 18.2 Å². The summed E-state index contributed by atoms with van der Waals surface area (Å²) in [6.45, 7) is 0. The summed E-state index contributed by atoms with van der Waals surface area (Å²) >= 11 is 9.30. The maximum atomic E-state index is 5.87. The lowest BCUT2D eigenvalue weighted by Crippen LogP contribution is -1.76. The summed E-state index contributed by atoms with van der Waals surface area (Å²) in [4.78, 5) is 4.02. The lowest BCUT2D eigenvalue weighted by atomic mass is 10.2. The molecule has 1 aromatic heterocycles. The molecule has 2 rings (SSSR count). The van der Waals surface area contributed by atoms with Crippen LogP contribution in [0.15, 0.2) is 35.1 Å². The molecule has 60 valence electrons. The van der Waals surface area contributed by atoms with E-state index >= 15 is 0 Å². The smallest absolute Gasteiger partial charge is 0.0424 e. The van der Waals surface area contributed by atoms with Crippen molar-refractivity contribution < 1.29 is 0 Å². The minimum Gasteiger partial charge on any atom is -0.264 e. The summed E-state index contributed by atoms with van der Waals surface area (Å²) in [6, 6.07) is 5.73. The Morgan fingerprint density at radius 1 is 1.33 bits per heavy atom. The zero-order chi connectivity index (χ0) is 8.55. The Morgan fingerprint density at radius 3 is 3.00 bits per heavy atom. The average Bonchev–Trinajstić information content (AvgIpc) is 2.04. The van der Waals surface area contributed by atoms with Crippen molar-refractivity contribution in [3.8, 4) is 0 Å². The molecule has 0 saturated carbocycles. The van der Waals surface area contributed by atoms with Crippen LogP contribution in [0.1, 0.15) is 0 Å². The van der Waals surface area contributed by atoms with Crippen molar-refractivity contribution in [1.29, 1.82) is 0 Å². The van der Waals surface area contributed by atoms with E-state index in [2.05, 4.69) is 20.9 Å². The summed E-state index contributed by atoms with van der Waals surface area (Å²) in [5.41, 5.74) is 0. The maximum Gasteiger partial charge on any atom is 0.0424 e. The topological polar surface area (TPSA) is 12.9 Å². The number of nitrogens with zero attached hydrogens (tertiary/aromatic N) is 1. The quantitative estimate of drug-likeness (QED) is 0.687. The number of halogens is 2. The van der Waals surface area contributed by atoms with Gasteiger partial charge in [0, 0.05) is 27.3 Å². The standard InChI is InChI=1S/C9H5BrClN/c10-9-4-7(11)3-6-5-12-2-1-8(6)9/h1-5H. The lowest BCUT2D eigenvalue weighted by Gasteiger charge is -1.99. The van der Waals surface area contributed by atoms with Gasteiger partial charge in [-0.3, -0.25) is 4.98 Å². The number of fused-ring (bicyclic) bond motifs is 1. The molecule has 12 heavy (non-hydrogen) atoms. The van der Waals surface area contributed by atoms with Gasteiger partial charge in [0.1, 0.15) is 0 Å². The van der Waals surface area contributed by atoms with Crippen LogP contribution in [0.2, 0.25) is 5.02 Å². The third-order valence-electron chi connectivity index (χ3n) is 1.67. The molecule has 0 aliphatic rings. The van der Waals surface area contributed by atoms with E-state index in [0.717, 1.165) is 20.3 Å². The first-order chi connectivity index (χ1) is 5.77. The second-order valence-corrected chi connectivity index (χ2v) is 3.78. The molecular weight excluding hydrogens is 237 g/mol. The second kappa shape index (κ2) is 3.04. The van der Waals surface area contributed by atoms with Crippen LogP contribution in [-0.2, 0) is 0 Å². The molecule has 0 radical (unpaired) electrons. The largest absolute Gasteiger partial charge is 0.264 e. The summed E-state index contributed by atoms with van der Waals surface area (Å²) in [6.07, 6.45) is 3.56. The minimum absolute atomic E-state index is 0.724. The van der Waals surface area contributed by atoms with E-state index in [-0.39, 0.29) is 0 Å². The van der Waals surface area contributed by atoms with Crippen molar-refractivity contribution in [2.75, 3.05) is 0 Å². The molecule has 0 fully saturated rings. The lowest BCUT2D eigenvalue weighted by molar-refractivity contribution is 1.36. The number of benzene rings is 1. The fraction of sp³-hybridized carbons (Fsp3) is 0. The molecule has 1 aromatic carbocycles. The van der Waals surface area contributed by atoms with E-state index in [9.17, 15) is 0 Å². The fourth-order valence-electron chi connectivity index (χ4n) is 1.13. The first-order valence-electron chi connectivity index (χ1n) is 3.46. The molecule has 1 nitrogen and oxygen atoms in total. The summed E-state index contributed by atoms with van der Waals surface area (Å²) < 4.78 is 1.01. The molecule has 0 amide bonds. The van der Waals surface area contributed by atoms with Crippen LogP contribution in [0, 0.1) is 0 Å². The monoisotopic (exact) mass is 241 g/mol. The molecule has 0 atom stereocenters. The molecule has 1 heterocycles. The molecule has 0 bridgehead atoms. The van der Waals surface area contributed by atoms with Crippen molar-refractivity contribution in [3.05, 3.63) is 40.1 Å². The Bertz CT molecular complexity index is 428. The van der Waals surface area contributed by atoms with Crippen molar-refractivity contribution in [3.63, 3.8) is 0 Å². The molecule has 3 heteroatoms. The highest BCUT2D eigenvalue weighted by molar-refractivity contribution is 9.10. The van der Waals surface area contributed by atoms with Crippen LogP contribution in [-0.4, -0.2) is 4.98 Å². The first kappa shape index (κ1) is 8.02. The highest BCUT2D eigenvalue weighted by Crippen LogP contribution is 2.26. The normalized spacial score (nSPS) is 10.5. The van der Waals surface area contributed by atoms with Gasteiger partial charge in [-0.1, -0.05) is 27.5 Å². The van der Waals surface area contributed by atoms with Crippen LogP contribution in [0.4, 0.5) is 0 Å². The number of aromatic nitrogens is 1. The van der Waals surface area contributed by atoms with Crippen LogP contribution in [0.5, 0.6) is 0 Å². The van der Waals surface area contributed by atoms with E-state index < -0.39 is 0 Å². The second-order valence-electron chi connectivity index (χ2n) is 2.48. The van der Waals surface area contributed by atoms with E-state index in [0.29, 0.717) is 0 Å². The molecule has 0 aliphatic heterocycles. The van der Waals surface area contributed by atoms with Gasteiger partial charge in [0.2, 0.25) is 0 Å². The zero-order valence-electron chi connectivity index (χ0n) is 6.09. The SMILES string of the molecule is Clc1cc(Br)c2ccncc2c1. The fourth-order valence-corrected chi connectivity index (χ4v) is 2.09. The van der Waals surface area contributed by atoms with Crippen LogP contribution < -0.4 is 0 Å². The van der Waals surface area contributed by atoms with Gasteiger partial charge in [0.05, 0.1) is 0 Å². The van der Waals surface area contributed by atoms with Crippen molar-refractivity contribution >= 4 is 38.3 Å². The Kier molecular flexibility index (Phi) is 2.03. The highest BCUT2D eigenvalue weighted by atomic mass is 79.9. The van der Waals surface area contributed by atoms with E-state index in [1.165, 1.54) is 0 Å². The molecule has 0 N–H and O–H groups in total. The highest BCUT2D eigenvalue weighted by Gasteiger charge is 1.99. The van der Waals surface area contributed by atoms with Gasteiger partial charge in [0.15, 0.2) is 0 Å². The Balaban J connectivity index is 2.89. The molecule has 0 saturated heterocycles.